The third kappa shape index (κ3) is 3.48. The molecule has 26 heavy (non-hydrogen) atoms. The number of rotatable bonds is 3. The molecule has 1 aromatic carbocycles. The van der Waals surface area contributed by atoms with Gasteiger partial charge in [-0.05, 0) is 43.7 Å². The van der Waals surface area contributed by atoms with Crippen molar-refractivity contribution in [1.29, 1.82) is 0 Å². The van der Waals surface area contributed by atoms with Crippen LogP contribution in [0.2, 0.25) is 0 Å². The molecule has 2 fully saturated rings. The van der Waals surface area contributed by atoms with E-state index >= 15 is 0 Å². The molecule has 1 aliphatic carbocycles. The molecule has 1 saturated carbocycles. The van der Waals surface area contributed by atoms with Crippen LogP contribution in [-0.2, 0) is 14.3 Å². The Morgan fingerprint density at radius 3 is 2.65 bits per heavy atom. The second-order valence-electron chi connectivity index (χ2n) is 7.39. The Hall–Kier alpha value is -2.30. The molecule has 0 radical (unpaired) electrons. The van der Waals surface area contributed by atoms with Gasteiger partial charge in [-0.25, -0.2) is 9.59 Å². The number of likely N-dealkylation sites (tertiary alicyclic amines) is 1. The van der Waals surface area contributed by atoms with Gasteiger partial charge in [0, 0.05) is 18.5 Å². The normalized spacial score (nSPS) is 31.1. The molecule has 0 aromatic heterocycles. The third-order valence-corrected chi connectivity index (χ3v) is 5.77. The molecule has 138 valence electrons. The monoisotopic (exact) mass is 355 g/mol. The van der Waals surface area contributed by atoms with Gasteiger partial charge < -0.3 is 14.4 Å². The first-order valence-electron chi connectivity index (χ1n) is 9.63. The number of hydrogen-bond donors (Lipinski definition) is 0. The molecule has 5 nitrogen and oxygen atoms in total. The van der Waals surface area contributed by atoms with Gasteiger partial charge in [0.15, 0.2) is 0 Å². The second kappa shape index (κ2) is 7.52. The molecule has 5 heteroatoms. The summed E-state index contributed by atoms with van der Waals surface area (Å²) in [5.41, 5.74) is 1.25. The number of amides is 1. The van der Waals surface area contributed by atoms with Crippen LogP contribution < -0.4 is 0 Å². The maximum absolute atomic E-state index is 12.9. The lowest BCUT2D eigenvalue weighted by molar-refractivity contribution is -0.140. The first-order valence-corrected chi connectivity index (χ1v) is 9.63. The number of benzene rings is 1. The molecule has 2 heterocycles. The number of carbonyl (C=O) groups is 2. The zero-order valence-electron chi connectivity index (χ0n) is 14.9. The molecule has 3 aliphatic rings. The van der Waals surface area contributed by atoms with Crippen molar-refractivity contribution in [2.24, 2.45) is 0 Å². The Morgan fingerprint density at radius 2 is 1.88 bits per heavy atom. The average molecular weight is 355 g/mol. The summed E-state index contributed by atoms with van der Waals surface area (Å²) in [6.07, 6.45) is 8.48. The predicted octanol–water partition coefficient (Wildman–Crippen LogP) is 3.80. The minimum Gasteiger partial charge on any atom is -0.453 e. The van der Waals surface area contributed by atoms with Crippen LogP contribution in [0.4, 0.5) is 4.79 Å². The summed E-state index contributed by atoms with van der Waals surface area (Å²) in [5.74, 6) is -0.0641. The highest BCUT2D eigenvalue weighted by atomic mass is 16.6. The van der Waals surface area contributed by atoms with Crippen LogP contribution in [0.3, 0.4) is 0 Å². The highest BCUT2D eigenvalue weighted by Crippen LogP contribution is 2.36. The minimum atomic E-state index is -0.339. The molecule has 1 aromatic rings. The molecular formula is C21H25NO4. The SMILES string of the molecule is O=C1C=C[C@@H]([C@H]2CCCN2C(=O)O[C@@H]2CCCC[C@H]2c2ccccc2)O1. The van der Waals surface area contributed by atoms with Crippen LogP contribution >= 0.6 is 0 Å². The molecule has 0 N–H and O–H groups in total. The van der Waals surface area contributed by atoms with Gasteiger partial charge in [-0.15, -0.1) is 0 Å². The van der Waals surface area contributed by atoms with Crippen molar-refractivity contribution in [2.75, 3.05) is 6.54 Å². The van der Waals surface area contributed by atoms with Crippen LogP contribution in [0.15, 0.2) is 42.5 Å². The van der Waals surface area contributed by atoms with E-state index in [1.807, 2.05) is 18.2 Å². The maximum Gasteiger partial charge on any atom is 0.410 e. The zero-order chi connectivity index (χ0) is 17.9. The van der Waals surface area contributed by atoms with Crippen molar-refractivity contribution in [1.82, 2.24) is 4.90 Å². The Bertz CT molecular complexity index is 687. The summed E-state index contributed by atoms with van der Waals surface area (Å²) in [4.78, 5) is 26.0. The molecule has 0 bridgehead atoms. The van der Waals surface area contributed by atoms with E-state index in [0.29, 0.717) is 6.54 Å². The van der Waals surface area contributed by atoms with Crippen molar-refractivity contribution < 1.29 is 19.1 Å². The van der Waals surface area contributed by atoms with Crippen molar-refractivity contribution in [2.45, 2.75) is 62.7 Å². The van der Waals surface area contributed by atoms with E-state index in [4.69, 9.17) is 9.47 Å². The van der Waals surface area contributed by atoms with E-state index in [0.717, 1.165) is 32.1 Å². The van der Waals surface area contributed by atoms with Crippen molar-refractivity contribution in [3.8, 4) is 0 Å². The molecule has 4 atom stereocenters. The largest absolute Gasteiger partial charge is 0.453 e. The number of ether oxygens (including phenoxy) is 2. The average Bonchev–Trinajstić information content (AvgIpc) is 3.31. The number of esters is 1. The highest BCUT2D eigenvalue weighted by Gasteiger charge is 2.40. The fraction of sp³-hybridized carbons (Fsp3) is 0.524. The lowest BCUT2D eigenvalue weighted by Crippen LogP contribution is -2.44. The topological polar surface area (TPSA) is 55.8 Å². The standard InChI is InChI=1S/C21H25NO4/c23-20-13-12-19(25-20)17-10-6-14-22(17)21(24)26-18-11-5-4-9-16(18)15-7-2-1-3-8-15/h1-3,7-8,12-13,16-19H,4-6,9-11,14H2/t16-,17+,18+,19-/m0/s1. The second-order valence-corrected chi connectivity index (χ2v) is 7.39. The summed E-state index contributed by atoms with van der Waals surface area (Å²) in [6, 6.07) is 10.2. The lowest BCUT2D eigenvalue weighted by atomic mass is 9.81. The Kier molecular flexibility index (Phi) is 4.96. The van der Waals surface area contributed by atoms with Crippen molar-refractivity contribution in [3.63, 3.8) is 0 Å². The summed E-state index contributed by atoms with van der Waals surface area (Å²) < 4.78 is 11.3. The predicted molar refractivity (Wildman–Crippen MR) is 96.7 cm³/mol. The van der Waals surface area contributed by atoms with Crippen LogP contribution in [0.1, 0.15) is 50.0 Å². The number of nitrogens with zero attached hydrogens (tertiary/aromatic N) is 1. The van der Waals surface area contributed by atoms with Crippen LogP contribution in [0, 0.1) is 0 Å². The molecule has 0 unspecified atom stereocenters. The zero-order valence-corrected chi connectivity index (χ0v) is 14.9. The van der Waals surface area contributed by atoms with Crippen LogP contribution in [0.25, 0.3) is 0 Å². The van der Waals surface area contributed by atoms with Gasteiger partial charge in [-0.3, -0.25) is 0 Å². The molecule has 1 saturated heterocycles. The van der Waals surface area contributed by atoms with E-state index in [-0.39, 0.29) is 36.2 Å². The van der Waals surface area contributed by atoms with E-state index in [1.165, 1.54) is 18.1 Å². The summed E-state index contributed by atoms with van der Waals surface area (Å²) in [7, 11) is 0. The minimum absolute atomic E-state index is 0.0819. The van der Waals surface area contributed by atoms with Gasteiger partial charge in [0.1, 0.15) is 12.2 Å². The number of hydrogen-bond acceptors (Lipinski definition) is 4. The smallest absolute Gasteiger partial charge is 0.410 e. The Morgan fingerprint density at radius 1 is 1.08 bits per heavy atom. The summed E-state index contributed by atoms with van der Waals surface area (Å²) >= 11 is 0. The quantitative estimate of drug-likeness (QED) is 0.774. The van der Waals surface area contributed by atoms with Crippen molar-refractivity contribution >= 4 is 12.1 Å². The van der Waals surface area contributed by atoms with E-state index < -0.39 is 0 Å². The third-order valence-electron chi connectivity index (χ3n) is 5.77. The first-order chi connectivity index (χ1) is 12.7. The van der Waals surface area contributed by atoms with Gasteiger partial charge in [-0.1, -0.05) is 36.8 Å². The first kappa shape index (κ1) is 17.1. The molecule has 1 amide bonds. The summed E-state index contributed by atoms with van der Waals surface area (Å²) in [5, 5.41) is 0. The Labute approximate surface area is 154 Å². The maximum atomic E-state index is 12.9. The Balaban J connectivity index is 1.44. The molecule has 4 rings (SSSR count). The number of cyclic esters (lactones) is 1. The van der Waals surface area contributed by atoms with Gasteiger partial charge >= 0.3 is 12.1 Å². The van der Waals surface area contributed by atoms with Crippen molar-refractivity contribution in [3.05, 3.63) is 48.0 Å². The molecule has 2 aliphatic heterocycles. The molecular weight excluding hydrogens is 330 g/mol. The van der Waals surface area contributed by atoms with E-state index in [9.17, 15) is 9.59 Å². The van der Waals surface area contributed by atoms with Crippen LogP contribution in [-0.4, -0.2) is 41.8 Å². The number of carbonyl (C=O) groups excluding carboxylic acids is 2. The van der Waals surface area contributed by atoms with Gasteiger partial charge in [0.2, 0.25) is 0 Å². The van der Waals surface area contributed by atoms with E-state index in [2.05, 4.69) is 12.1 Å². The summed E-state index contributed by atoms with van der Waals surface area (Å²) in [6.45, 7) is 0.661. The fourth-order valence-corrected chi connectivity index (χ4v) is 4.47. The lowest BCUT2D eigenvalue weighted by Gasteiger charge is -2.34. The van der Waals surface area contributed by atoms with Crippen LogP contribution in [0.5, 0.6) is 0 Å². The van der Waals surface area contributed by atoms with Gasteiger partial charge in [0.05, 0.1) is 6.04 Å². The highest BCUT2D eigenvalue weighted by molar-refractivity contribution is 5.84. The van der Waals surface area contributed by atoms with Gasteiger partial charge in [-0.2, -0.15) is 0 Å². The fourth-order valence-electron chi connectivity index (χ4n) is 4.47. The molecule has 0 spiro atoms. The van der Waals surface area contributed by atoms with E-state index in [1.54, 1.807) is 11.0 Å². The van der Waals surface area contributed by atoms with Gasteiger partial charge in [0.25, 0.3) is 0 Å².